The summed E-state index contributed by atoms with van der Waals surface area (Å²) in [6, 6.07) is -1.04. The van der Waals surface area contributed by atoms with Gasteiger partial charge in [0.25, 0.3) is 5.91 Å². The summed E-state index contributed by atoms with van der Waals surface area (Å²) < 4.78 is 10.9. The number of carbonyl (C=O) groups excluding carboxylic acids is 5. The Hall–Kier alpha value is -3.06. The number of nitrogens with zero attached hydrogens (tertiary/aromatic N) is 3. The number of ether oxygens (including phenoxy) is 2. The normalized spacial score (nSPS) is 34.2. The fourth-order valence-corrected chi connectivity index (χ4v) is 11.1. The van der Waals surface area contributed by atoms with E-state index < -0.39 is 18.1 Å². The molecule has 4 atom stereocenters. The lowest BCUT2D eigenvalue weighted by molar-refractivity contribution is -0.609. The van der Waals surface area contributed by atoms with Crippen molar-refractivity contribution in [1.82, 2.24) is 25.4 Å². The molecule has 0 spiro atoms. The molecule has 6 aliphatic rings. The van der Waals surface area contributed by atoms with Crippen LogP contribution in [-0.2, 0) is 28.7 Å². The van der Waals surface area contributed by atoms with E-state index in [-0.39, 0.29) is 71.2 Å². The molecule has 0 radical (unpaired) electrons. The Bertz CT molecular complexity index is 1400. The predicted octanol–water partition coefficient (Wildman–Crippen LogP) is 2.11. The molecule has 0 saturated heterocycles. The highest BCUT2D eigenvalue weighted by Crippen LogP contribution is 3.07. The molecular formula is C33H47N5O7S. The van der Waals surface area contributed by atoms with Crippen molar-refractivity contribution in [2.75, 3.05) is 34.8 Å². The van der Waals surface area contributed by atoms with Crippen LogP contribution in [0.3, 0.4) is 0 Å². The van der Waals surface area contributed by atoms with Crippen LogP contribution in [0.1, 0.15) is 69.1 Å². The summed E-state index contributed by atoms with van der Waals surface area (Å²) in [7, 11) is 6.78. The number of amides is 3. The van der Waals surface area contributed by atoms with Gasteiger partial charge in [-0.2, -0.15) is 0 Å². The Labute approximate surface area is 274 Å². The maximum absolute atomic E-state index is 13.9. The fourth-order valence-electron chi connectivity index (χ4n) is 10.2. The summed E-state index contributed by atoms with van der Waals surface area (Å²) in [5.74, 6) is 0.759. The first-order chi connectivity index (χ1) is 21.7. The van der Waals surface area contributed by atoms with Crippen LogP contribution in [0, 0.1) is 52.8 Å². The Morgan fingerprint density at radius 2 is 1.63 bits per heavy atom. The Morgan fingerprint density at radius 3 is 2.13 bits per heavy atom. The monoisotopic (exact) mass is 657 g/mol. The molecule has 46 heavy (non-hydrogen) atoms. The quantitative estimate of drug-likeness (QED) is 0.271. The van der Waals surface area contributed by atoms with E-state index in [9.17, 15) is 24.0 Å². The zero-order chi connectivity index (χ0) is 33.6. The molecule has 6 fully saturated rings. The molecule has 1 heterocycles. The molecule has 3 amide bonds. The smallest absolute Gasteiger partial charge is 0.312 e. The topological polar surface area (TPSA) is 147 Å². The standard InChI is InChI=1S/C33H47N5O7S/c1-10-15(4)27(35-20(40)12-37(6)7)30(42)38(8)18(14(2)3)11-19(45-16(5)39)29-34-17(13-46-29)28(41)36-33-24-21-25(33)23-26(33)22(24)32(21,23)31(43)44-9/h13-15,18-19,21-27H,10-12H2,1-9H3,(H,35,40)(H,36,41)/t15-,18+,19+,21?,22?,23?,24?,25?,26?,27-,32?,33?/m0/s1. The third kappa shape index (κ3) is 4.18. The summed E-state index contributed by atoms with van der Waals surface area (Å²) in [4.78, 5) is 72.7. The van der Waals surface area contributed by atoms with Gasteiger partial charge in [-0.3, -0.25) is 24.0 Å². The zero-order valence-electron chi connectivity index (χ0n) is 28.2. The second kappa shape index (κ2) is 11.3. The molecule has 6 aliphatic carbocycles. The van der Waals surface area contributed by atoms with E-state index in [1.54, 1.807) is 36.3 Å². The minimum absolute atomic E-state index is 0.00757. The number of rotatable bonds is 15. The van der Waals surface area contributed by atoms with Crippen LogP contribution in [0.4, 0.5) is 0 Å². The molecule has 0 unspecified atom stereocenters. The van der Waals surface area contributed by atoms with Crippen LogP contribution in [0.15, 0.2) is 5.38 Å². The summed E-state index contributed by atoms with van der Waals surface area (Å²) in [6.45, 7) is 9.43. The second-order valence-corrected chi connectivity index (χ2v) is 15.7. The van der Waals surface area contributed by atoms with Crippen molar-refractivity contribution in [2.24, 2.45) is 52.8 Å². The lowest BCUT2D eigenvalue weighted by atomic mass is 8.94. The van der Waals surface area contributed by atoms with E-state index in [1.165, 1.54) is 25.4 Å². The van der Waals surface area contributed by atoms with Crippen LogP contribution >= 0.6 is 11.3 Å². The highest BCUT2D eigenvalue weighted by atomic mass is 32.1. The van der Waals surface area contributed by atoms with Crippen molar-refractivity contribution in [3.63, 3.8) is 0 Å². The summed E-state index contributed by atoms with van der Waals surface area (Å²) in [5, 5.41) is 8.41. The average molecular weight is 658 g/mol. The van der Waals surface area contributed by atoms with Gasteiger partial charge in [-0.05, 0) is 61.4 Å². The minimum Gasteiger partial charge on any atom is -0.469 e. The molecule has 252 valence electrons. The molecule has 1 aromatic heterocycles. The molecule has 7 rings (SSSR count). The van der Waals surface area contributed by atoms with Crippen molar-refractivity contribution in [3.8, 4) is 0 Å². The zero-order valence-corrected chi connectivity index (χ0v) is 29.0. The molecule has 0 aliphatic heterocycles. The lowest BCUT2D eigenvalue weighted by Crippen LogP contribution is -3.16. The first kappa shape index (κ1) is 32.9. The van der Waals surface area contributed by atoms with Gasteiger partial charge < -0.3 is 29.9 Å². The van der Waals surface area contributed by atoms with Gasteiger partial charge in [0.2, 0.25) is 11.8 Å². The number of aromatic nitrogens is 1. The fraction of sp³-hybridized carbons (Fsp3) is 0.758. The number of esters is 2. The molecule has 1 aromatic rings. The van der Waals surface area contributed by atoms with E-state index >= 15 is 0 Å². The van der Waals surface area contributed by atoms with Crippen LogP contribution in [-0.4, -0.2) is 96.9 Å². The van der Waals surface area contributed by atoms with E-state index in [0.29, 0.717) is 46.9 Å². The maximum Gasteiger partial charge on any atom is 0.312 e. The van der Waals surface area contributed by atoms with Crippen molar-refractivity contribution in [2.45, 2.75) is 71.2 Å². The van der Waals surface area contributed by atoms with Gasteiger partial charge in [0.15, 0.2) is 6.10 Å². The molecule has 12 nitrogen and oxygen atoms in total. The Morgan fingerprint density at radius 1 is 1.02 bits per heavy atom. The van der Waals surface area contributed by atoms with Crippen LogP contribution < -0.4 is 10.6 Å². The largest absolute Gasteiger partial charge is 0.469 e. The number of hydrogen-bond donors (Lipinski definition) is 2. The van der Waals surface area contributed by atoms with Crippen LogP contribution in [0.25, 0.3) is 0 Å². The van der Waals surface area contributed by atoms with Crippen molar-refractivity contribution in [3.05, 3.63) is 16.1 Å². The van der Waals surface area contributed by atoms with Gasteiger partial charge >= 0.3 is 11.9 Å². The number of thiazole rings is 1. The molecule has 0 aromatic carbocycles. The van der Waals surface area contributed by atoms with Gasteiger partial charge in [-0.15, -0.1) is 11.3 Å². The van der Waals surface area contributed by atoms with Gasteiger partial charge in [0.05, 0.1) is 24.6 Å². The summed E-state index contributed by atoms with van der Waals surface area (Å²) in [6.07, 6.45) is 0.223. The maximum atomic E-state index is 13.9. The van der Waals surface area contributed by atoms with Crippen LogP contribution in [0.2, 0.25) is 0 Å². The lowest BCUT2D eigenvalue weighted by Gasteiger charge is -3.09. The number of methoxy groups -OCH3 is 1. The van der Waals surface area contributed by atoms with Crippen LogP contribution in [0.5, 0.6) is 0 Å². The van der Waals surface area contributed by atoms with E-state index in [1.807, 2.05) is 27.7 Å². The van der Waals surface area contributed by atoms with E-state index in [0.717, 1.165) is 0 Å². The van der Waals surface area contributed by atoms with E-state index in [4.69, 9.17) is 9.47 Å². The summed E-state index contributed by atoms with van der Waals surface area (Å²) >= 11 is 1.26. The molecule has 0 bridgehead atoms. The molecule has 2 N–H and O–H groups in total. The number of carbonyl (C=O) groups is 5. The second-order valence-electron chi connectivity index (χ2n) is 14.8. The SMILES string of the molecule is CC[C@H](C)[C@H](NC(=O)CN(C)C)C(=O)N(C)[C@H](C[C@@H](OC(C)=O)c1nc(C(=O)NC23C4C5C2C2C3C4C52C(=O)OC)cs1)C(C)C. The number of likely N-dealkylation sites (N-methyl/N-ethyl adjacent to an activating group) is 2. The van der Waals surface area contributed by atoms with E-state index in [2.05, 4.69) is 15.6 Å². The highest BCUT2D eigenvalue weighted by Gasteiger charge is 3.12. The Kier molecular flexibility index (Phi) is 8.06. The molecule has 13 heteroatoms. The predicted molar refractivity (Wildman–Crippen MR) is 168 cm³/mol. The molecule has 6 saturated carbocycles. The molecular weight excluding hydrogens is 610 g/mol. The first-order valence-corrected chi connectivity index (χ1v) is 17.3. The number of nitrogens with one attached hydrogen (secondary N) is 2. The Balaban J connectivity index is 1.13. The van der Waals surface area contributed by atoms with Crippen molar-refractivity contribution >= 4 is 41.0 Å². The van der Waals surface area contributed by atoms with Gasteiger partial charge in [0, 0.05) is 31.8 Å². The first-order valence-electron chi connectivity index (χ1n) is 16.4. The van der Waals surface area contributed by atoms with Gasteiger partial charge in [-0.1, -0.05) is 34.1 Å². The summed E-state index contributed by atoms with van der Waals surface area (Å²) in [5.41, 5.74) is -0.189. The number of hydrogen-bond acceptors (Lipinski definition) is 10. The minimum atomic E-state index is -0.764. The van der Waals surface area contributed by atoms with Gasteiger partial charge in [-0.25, -0.2) is 4.98 Å². The third-order valence-corrected chi connectivity index (χ3v) is 13.1. The van der Waals surface area contributed by atoms with Gasteiger partial charge in [0.1, 0.15) is 16.7 Å². The highest BCUT2D eigenvalue weighted by molar-refractivity contribution is 7.09. The van der Waals surface area contributed by atoms with Crippen molar-refractivity contribution in [1.29, 1.82) is 0 Å². The van der Waals surface area contributed by atoms with Crippen molar-refractivity contribution < 1.29 is 33.4 Å². The average Bonchev–Trinajstić information content (AvgIpc) is 3.50. The third-order valence-electron chi connectivity index (χ3n) is 12.2.